The molecule has 0 spiro atoms. The van der Waals surface area contributed by atoms with Crippen LogP contribution in [0.5, 0.6) is 0 Å². The van der Waals surface area contributed by atoms with Crippen LogP contribution >= 0.6 is 0 Å². The summed E-state index contributed by atoms with van der Waals surface area (Å²) in [6.07, 6.45) is 0.692. The number of piperidine rings is 1. The Balaban J connectivity index is 2.31. The Hall–Kier alpha value is -1.30. The smallest absolute Gasteiger partial charge is 0.407 e. The van der Waals surface area contributed by atoms with Crippen LogP contribution in [0.2, 0.25) is 0 Å². The van der Waals surface area contributed by atoms with Crippen molar-refractivity contribution in [3.8, 4) is 0 Å². The summed E-state index contributed by atoms with van der Waals surface area (Å²) in [5.74, 6) is -0.847. The van der Waals surface area contributed by atoms with E-state index in [1.165, 1.54) is 0 Å². The summed E-state index contributed by atoms with van der Waals surface area (Å²) >= 11 is 0. The van der Waals surface area contributed by atoms with Crippen molar-refractivity contribution in [3.05, 3.63) is 0 Å². The van der Waals surface area contributed by atoms with E-state index in [4.69, 9.17) is 9.84 Å². The van der Waals surface area contributed by atoms with Gasteiger partial charge >= 0.3 is 12.1 Å². The summed E-state index contributed by atoms with van der Waals surface area (Å²) in [4.78, 5) is 22.2. The van der Waals surface area contributed by atoms with E-state index >= 15 is 0 Å². The zero-order chi connectivity index (χ0) is 13.1. The zero-order valence-electron chi connectivity index (χ0n) is 10.4. The second-order valence-corrected chi connectivity index (χ2v) is 5.22. The van der Waals surface area contributed by atoms with E-state index < -0.39 is 23.7 Å². The number of carboxylic acid groups (broad SMARTS) is 1. The molecule has 0 bridgehead atoms. The lowest BCUT2D eigenvalue weighted by molar-refractivity contribution is -0.140. The summed E-state index contributed by atoms with van der Waals surface area (Å²) in [5, 5.41) is 14.4. The molecular formula is C11H20N2O4. The fraction of sp³-hybridized carbons (Fsp3) is 0.818. The van der Waals surface area contributed by atoms with E-state index in [0.717, 1.165) is 0 Å². The van der Waals surface area contributed by atoms with Crippen molar-refractivity contribution < 1.29 is 19.4 Å². The average Bonchev–Trinajstić information content (AvgIpc) is 2.15. The van der Waals surface area contributed by atoms with Crippen molar-refractivity contribution in [2.24, 2.45) is 0 Å². The van der Waals surface area contributed by atoms with Gasteiger partial charge in [0.15, 0.2) is 0 Å². The summed E-state index contributed by atoms with van der Waals surface area (Å²) in [6, 6.07) is -0.577. The van der Waals surface area contributed by atoms with Crippen LogP contribution in [0, 0.1) is 0 Å². The Bertz CT molecular complexity index is 290. The quantitative estimate of drug-likeness (QED) is 0.666. The van der Waals surface area contributed by atoms with Crippen LogP contribution < -0.4 is 10.6 Å². The maximum absolute atomic E-state index is 11.5. The van der Waals surface area contributed by atoms with E-state index in [1.807, 2.05) is 0 Å². The first kappa shape index (κ1) is 13.8. The number of hydrogen-bond acceptors (Lipinski definition) is 4. The molecule has 2 unspecified atom stereocenters. The molecule has 1 aliphatic rings. The third kappa shape index (κ3) is 5.04. The molecule has 6 heteroatoms. The lowest BCUT2D eigenvalue weighted by Gasteiger charge is -2.29. The number of hydrogen-bond donors (Lipinski definition) is 3. The van der Waals surface area contributed by atoms with Gasteiger partial charge in [-0.1, -0.05) is 0 Å². The number of carbonyl (C=O) groups excluding carboxylic acids is 1. The number of carboxylic acids is 1. The minimum Gasteiger partial charge on any atom is -0.480 e. The molecule has 1 aliphatic heterocycles. The van der Waals surface area contributed by atoms with Crippen LogP contribution in [0.3, 0.4) is 0 Å². The van der Waals surface area contributed by atoms with Gasteiger partial charge in [-0.05, 0) is 33.6 Å². The standard InChI is InChI=1S/C11H20N2O4/c1-11(2,3)17-10(16)13-7-4-5-8(9(14)15)12-6-7/h7-8,12H,4-6H2,1-3H3,(H,13,16)(H,14,15). The maximum atomic E-state index is 11.5. The molecule has 0 aromatic carbocycles. The monoisotopic (exact) mass is 244 g/mol. The molecule has 3 N–H and O–H groups in total. The van der Waals surface area contributed by atoms with Gasteiger partial charge in [-0.2, -0.15) is 0 Å². The fourth-order valence-corrected chi connectivity index (χ4v) is 1.66. The normalized spacial score (nSPS) is 25.1. The van der Waals surface area contributed by atoms with E-state index in [2.05, 4.69) is 10.6 Å². The van der Waals surface area contributed by atoms with Gasteiger partial charge in [0.2, 0.25) is 0 Å². The minimum atomic E-state index is -0.847. The fourth-order valence-electron chi connectivity index (χ4n) is 1.66. The van der Waals surface area contributed by atoms with E-state index in [1.54, 1.807) is 20.8 Å². The van der Waals surface area contributed by atoms with Gasteiger partial charge in [0.05, 0.1) is 0 Å². The van der Waals surface area contributed by atoms with Crippen LogP contribution in [0.25, 0.3) is 0 Å². The van der Waals surface area contributed by atoms with Gasteiger partial charge in [-0.3, -0.25) is 4.79 Å². The summed E-state index contributed by atoms with van der Waals surface area (Å²) in [5.41, 5.74) is -0.518. The van der Waals surface area contributed by atoms with Crippen molar-refractivity contribution >= 4 is 12.1 Å². The Labute approximate surface area is 101 Å². The van der Waals surface area contributed by atoms with Gasteiger partial charge in [-0.25, -0.2) is 4.79 Å². The molecule has 1 saturated heterocycles. The molecule has 98 valence electrons. The lowest BCUT2D eigenvalue weighted by atomic mass is 10.0. The number of amides is 1. The van der Waals surface area contributed by atoms with Crippen LogP contribution in [-0.4, -0.2) is 41.4 Å². The number of ether oxygens (including phenoxy) is 1. The topological polar surface area (TPSA) is 87.7 Å². The first-order chi connectivity index (χ1) is 7.78. The SMILES string of the molecule is CC(C)(C)OC(=O)NC1CCC(C(=O)O)NC1. The van der Waals surface area contributed by atoms with Crippen molar-refractivity contribution in [2.75, 3.05) is 6.54 Å². The highest BCUT2D eigenvalue weighted by atomic mass is 16.6. The number of carbonyl (C=O) groups is 2. The van der Waals surface area contributed by atoms with Gasteiger partial charge in [0.1, 0.15) is 11.6 Å². The van der Waals surface area contributed by atoms with Crippen molar-refractivity contribution in [3.63, 3.8) is 0 Å². The van der Waals surface area contributed by atoms with Gasteiger partial charge in [0, 0.05) is 12.6 Å². The summed E-state index contributed by atoms with van der Waals surface area (Å²) < 4.78 is 5.12. The number of rotatable bonds is 2. The molecule has 0 aromatic heterocycles. The summed E-state index contributed by atoms with van der Waals surface area (Å²) in [6.45, 7) is 5.85. The first-order valence-electron chi connectivity index (χ1n) is 5.73. The Morgan fingerprint density at radius 1 is 1.35 bits per heavy atom. The number of nitrogens with one attached hydrogen (secondary N) is 2. The average molecular weight is 244 g/mol. The van der Waals surface area contributed by atoms with E-state index in [-0.39, 0.29) is 6.04 Å². The predicted molar refractivity (Wildman–Crippen MR) is 61.8 cm³/mol. The number of alkyl carbamates (subject to hydrolysis) is 1. The van der Waals surface area contributed by atoms with Gasteiger partial charge < -0.3 is 20.5 Å². The highest BCUT2D eigenvalue weighted by molar-refractivity contribution is 5.73. The van der Waals surface area contributed by atoms with Crippen LogP contribution in [0.15, 0.2) is 0 Å². The lowest BCUT2D eigenvalue weighted by Crippen LogP contribution is -2.52. The second-order valence-electron chi connectivity index (χ2n) is 5.22. The van der Waals surface area contributed by atoms with Crippen molar-refractivity contribution in [2.45, 2.75) is 51.3 Å². The molecule has 1 amide bonds. The largest absolute Gasteiger partial charge is 0.480 e. The van der Waals surface area contributed by atoms with Crippen LogP contribution in [0.4, 0.5) is 4.79 Å². The molecule has 1 rings (SSSR count). The molecule has 1 heterocycles. The molecule has 6 nitrogen and oxygen atoms in total. The minimum absolute atomic E-state index is 0.0690. The predicted octanol–water partition coefficient (Wildman–Crippen LogP) is 0.716. The molecule has 0 radical (unpaired) electrons. The zero-order valence-corrected chi connectivity index (χ0v) is 10.4. The van der Waals surface area contributed by atoms with Crippen molar-refractivity contribution in [1.29, 1.82) is 0 Å². The van der Waals surface area contributed by atoms with Crippen LogP contribution in [0.1, 0.15) is 33.6 Å². The highest BCUT2D eigenvalue weighted by Crippen LogP contribution is 2.10. The Morgan fingerprint density at radius 3 is 2.41 bits per heavy atom. The second kappa shape index (κ2) is 5.35. The van der Waals surface area contributed by atoms with Gasteiger partial charge in [0.25, 0.3) is 0 Å². The first-order valence-corrected chi connectivity index (χ1v) is 5.73. The Morgan fingerprint density at radius 2 is 2.00 bits per heavy atom. The van der Waals surface area contributed by atoms with Crippen molar-refractivity contribution in [1.82, 2.24) is 10.6 Å². The van der Waals surface area contributed by atoms with Gasteiger partial charge in [-0.15, -0.1) is 0 Å². The molecule has 17 heavy (non-hydrogen) atoms. The third-order valence-electron chi connectivity index (χ3n) is 2.43. The van der Waals surface area contributed by atoms with E-state index in [0.29, 0.717) is 19.4 Å². The summed E-state index contributed by atoms with van der Waals surface area (Å²) in [7, 11) is 0. The van der Waals surface area contributed by atoms with Crippen LogP contribution in [-0.2, 0) is 9.53 Å². The Kier molecular flexibility index (Phi) is 4.34. The molecule has 0 aliphatic carbocycles. The third-order valence-corrected chi connectivity index (χ3v) is 2.43. The molecule has 1 fully saturated rings. The molecule has 2 atom stereocenters. The number of aliphatic carboxylic acids is 1. The maximum Gasteiger partial charge on any atom is 0.407 e. The van der Waals surface area contributed by atoms with E-state index in [9.17, 15) is 9.59 Å². The molecule has 0 aromatic rings. The highest BCUT2D eigenvalue weighted by Gasteiger charge is 2.27. The molecular weight excluding hydrogens is 224 g/mol. The molecule has 0 saturated carbocycles.